The topological polar surface area (TPSA) is 64.6 Å². The number of alkyl carbamates (subject to hydrolysis) is 1. The van der Waals surface area contributed by atoms with E-state index in [-0.39, 0.29) is 17.8 Å². The Labute approximate surface area is 103 Å². The molecule has 1 N–H and O–H groups in total. The molecule has 0 rings (SSSR count). The molecule has 0 aliphatic rings. The summed E-state index contributed by atoms with van der Waals surface area (Å²) >= 11 is 0. The number of hydrogen-bond donors (Lipinski definition) is 1. The fourth-order valence-electron chi connectivity index (χ4n) is 0.921. The Morgan fingerprint density at radius 3 is 2.12 bits per heavy atom. The molecule has 0 aromatic rings. The van der Waals surface area contributed by atoms with Gasteiger partial charge < -0.3 is 14.8 Å². The summed E-state index contributed by atoms with van der Waals surface area (Å²) in [4.78, 5) is 22.8. The lowest BCUT2D eigenvalue weighted by Crippen LogP contribution is -2.35. The SMILES string of the molecule is CCCNC(=O)O[C@@H](OC(=O)C(C)C)C(C)C. The predicted octanol–water partition coefficient (Wildman–Crippen LogP) is 2.30. The van der Waals surface area contributed by atoms with Gasteiger partial charge in [0.25, 0.3) is 6.29 Å². The van der Waals surface area contributed by atoms with Crippen LogP contribution in [0.25, 0.3) is 0 Å². The molecule has 0 aliphatic carbocycles. The lowest BCUT2D eigenvalue weighted by atomic mass is 10.2. The summed E-state index contributed by atoms with van der Waals surface area (Å²) in [5.41, 5.74) is 0. The summed E-state index contributed by atoms with van der Waals surface area (Å²) < 4.78 is 10.1. The molecule has 0 radical (unpaired) electrons. The molecular formula is C12H23NO4. The van der Waals surface area contributed by atoms with Crippen LogP contribution in [-0.2, 0) is 14.3 Å². The van der Waals surface area contributed by atoms with E-state index in [0.29, 0.717) is 6.54 Å². The number of hydrogen-bond acceptors (Lipinski definition) is 4. The quantitative estimate of drug-likeness (QED) is 0.576. The van der Waals surface area contributed by atoms with Crippen LogP contribution >= 0.6 is 0 Å². The van der Waals surface area contributed by atoms with Crippen LogP contribution in [0.5, 0.6) is 0 Å². The summed E-state index contributed by atoms with van der Waals surface area (Å²) in [5.74, 6) is -0.685. The van der Waals surface area contributed by atoms with E-state index in [1.54, 1.807) is 13.8 Å². The standard InChI is InChI=1S/C12H23NO4/c1-6-7-13-12(15)17-11(9(4)5)16-10(14)8(2)3/h8-9,11H,6-7H2,1-5H3,(H,13,15)/t11-/m1/s1. The number of amides is 1. The third kappa shape index (κ3) is 6.81. The van der Waals surface area contributed by atoms with Crippen molar-refractivity contribution < 1.29 is 19.1 Å². The van der Waals surface area contributed by atoms with Gasteiger partial charge in [0, 0.05) is 12.5 Å². The van der Waals surface area contributed by atoms with Crippen molar-refractivity contribution in [2.45, 2.75) is 47.3 Å². The van der Waals surface area contributed by atoms with Gasteiger partial charge in [-0.15, -0.1) is 0 Å². The van der Waals surface area contributed by atoms with Gasteiger partial charge in [0.1, 0.15) is 0 Å². The van der Waals surface area contributed by atoms with Crippen LogP contribution in [0.15, 0.2) is 0 Å². The van der Waals surface area contributed by atoms with E-state index in [9.17, 15) is 9.59 Å². The van der Waals surface area contributed by atoms with E-state index in [0.717, 1.165) is 6.42 Å². The number of nitrogens with one attached hydrogen (secondary N) is 1. The van der Waals surface area contributed by atoms with Gasteiger partial charge in [-0.2, -0.15) is 0 Å². The normalized spacial score (nSPS) is 12.4. The lowest BCUT2D eigenvalue weighted by Gasteiger charge is -2.22. The Hall–Kier alpha value is -1.26. The molecule has 0 aliphatic heterocycles. The monoisotopic (exact) mass is 245 g/mol. The van der Waals surface area contributed by atoms with Crippen molar-refractivity contribution in [1.29, 1.82) is 0 Å². The number of rotatable bonds is 6. The zero-order valence-corrected chi connectivity index (χ0v) is 11.3. The zero-order chi connectivity index (χ0) is 13.4. The minimum absolute atomic E-state index is 0.0786. The van der Waals surface area contributed by atoms with E-state index in [1.807, 2.05) is 20.8 Å². The van der Waals surface area contributed by atoms with Crippen molar-refractivity contribution in [2.75, 3.05) is 6.54 Å². The summed E-state index contributed by atoms with van der Waals surface area (Å²) in [6, 6.07) is 0. The lowest BCUT2D eigenvalue weighted by molar-refractivity contribution is -0.178. The molecule has 17 heavy (non-hydrogen) atoms. The molecular weight excluding hydrogens is 222 g/mol. The van der Waals surface area contributed by atoms with Gasteiger partial charge >= 0.3 is 12.1 Å². The van der Waals surface area contributed by atoms with Gasteiger partial charge in [-0.1, -0.05) is 34.6 Å². The zero-order valence-electron chi connectivity index (χ0n) is 11.3. The first-order valence-corrected chi connectivity index (χ1v) is 6.03. The molecule has 0 heterocycles. The van der Waals surface area contributed by atoms with Gasteiger partial charge in [0.2, 0.25) is 0 Å². The van der Waals surface area contributed by atoms with Crippen molar-refractivity contribution in [3.63, 3.8) is 0 Å². The first-order valence-electron chi connectivity index (χ1n) is 6.03. The maximum atomic E-state index is 11.4. The second-order valence-electron chi connectivity index (χ2n) is 4.54. The van der Waals surface area contributed by atoms with E-state index in [2.05, 4.69) is 5.32 Å². The molecule has 1 atom stereocenters. The third-order valence-corrected chi connectivity index (χ3v) is 1.99. The Morgan fingerprint density at radius 1 is 1.12 bits per heavy atom. The Bertz CT molecular complexity index is 251. The second kappa shape index (κ2) is 7.92. The maximum Gasteiger partial charge on any atom is 0.410 e. The highest BCUT2D eigenvalue weighted by Gasteiger charge is 2.23. The highest BCUT2D eigenvalue weighted by molar-refractivity contribution is 5.72. The van der Waals surface area contributed by atoms with Crippen molar-refractivity contribution in [3.05, 3.63) is 0 Å². The first-order chi connectivity index (χ1) is 7.88. The number of esters is 1. The van der Waals surface area contributed by atoms with Crippen molar-refractivity contribution in [2.24, 2.45) is 11.8 Å². The fraction of sp³-hybridized carbons (Fsp3) is 0.833. The molecule has 0 spiro atoms. The fourth-order valence-corrected chi connectivity index (χ4v) is 0.921. The summed E-state index contributed by atoms with van der Waals surface area (Å²) in [6.07, 6.45) is -0.559. The third-order valence-electron chi connectivity index (χ3n) is 1.99. The highest BCUT2D eigenvalue weighted by atomic mass is 16.7. The maximum absolute atomic E-state index is 11.4. The predicted molar refractivity (Wildman–Crippen MR) is 64.3 cm³/mol. The van der Waals surface area contributed by atoms with Crippen LogP contribution in [0.2, 0.25) is 0 Å². The summed E-state index contributed by atoms with van der Waals surface area (Å²) in [6.45, 7) is 9.60. The molecule has 0 bridgehead atoms. The molecule has 0 saturated heterocycles. The molecule has 0 aromatic carbocycles. The van der Waals surface area contributed by atoms with Crippen LogP contribution < -0.4 is 5.32 Å². The van der Waals surface area contributed by atoms with E-state index < -0.39 is 12.4 Å². The van der Waals surface area contributed by atoms with Crippen LogP contribution in [0, 0.1) is 11.8 Å². The smallest absolute Gasteiger partial charge is 0.410 e. The number of ether oxygens (including phenoxy) is 2. The summed E-state index contributed by atoms with van der Waals surface area (Å²) in [5, 5.41) is 2.57. The van der Waals surface area contributed by atoms with Gasteiger partial charge in [-0.3, -0.25) is 4.79 Å². The largest absolute Gasteiger partial charge is 0.425 e. The molecule has 1 amide bonds. The molecule has 5 heteroatoms. The van der Waals surface area contributed by atoms with E-state index in [4.69, 9.17) is 9.47 Å². The van der Waals surface area contributed by atoms with Crippen LogP contribution in [0.1, 0.15) is 41.0 Å². The van der Waals surface area contributed by atoms with Gasteiger partial charge in [-0.25, -0.2) is 4.79 Å². The van der Waals surface area contributed by atoms with Crippen molar-refractivity contribution >= 4 is 12.1 Å². The average molecular weight is 245 g/mol. The molecule has 0 saturated carbocycles. The number of carbonyl (C=O) groups excluding carboxylic acids is 2. The van der Waals surface area contributed by atoms with Gasteiger partial charge in [-0.05, 0) is 6.42 Å². The first kappa shape index (κ1) is 15.7. The molecule has 100 valence electrons. The summed E-state index contributed by atoms with van der Waals surface area (Å²) in [7, 11) is 0. The Morgan fingerprint density at radius 2 is 1.71 bits per heavy atom. The van der Waals surface area contributed by atoms with E-state index in [1.165, 1.54) is 0 Å². The minimum Gasteiger partial charge on any atom is -0.425 e. The average Bonchev–Trinajstić information content (AvgIpc) is 2.24. The molecule has 5 nitrogen and oxygen atoms in total. The van der Waals surface area contributed by atoms with Crippen LogP contribution in [0.4, 0.5) is 4.79 Å². The van der Waals surface area contributed by atoms with Gasteiger partial charge in [0.15, 0.2) is 0 Å². The second-order valence-corrected chi connectivity index (χ2v) is 4.54. The molecule has 0 unspecified atom stereocenters. The number of carbonyl (C=O) groups is 2. The van der Waals surface area contributed by atoms with Crippen molar-refractivity contribution in [1.82, 2.24) is 5.32 Å². The molecule has 0 fully saturated rings. The van der Waals surface area contributed by atoms with E-state index >= 15 is 0 Å². The minimum atomic E-state index is -0.832. The van der Waals surface area contributed by atoms with Crippen LogP contribution in [-0.4, -0.2) is 24.9 Å². The molecule has 0 aromatic heterocycles. The van der Waals surface area contributed by atoms with Crippen molar-refractivity contribution in [3.8, 4) is 0 Å². The van der Waals surface area contributed by atoms with Gasteiger partial charge in [0.05, 0.1) is 5.92 Å². The highest BCUT2D eigenvalue weighted by Crippen LogP contribution is 2.11. The van der Waals surface area contributed by atoms with Crippen LogP contribution in [0.3, 0.4) is 0 Å². The Kier molecular flexibility index (Phi) is 7.34. The Balaban J connectivity index is 4.24.